The van der Waals surface area contributed by atoms with E-state index in [0.29, 0.717) is 30.5 Å². The number of methoxy groups -OCH3 is 3. The van der Waals surface area contributed by atoms with Crippen molar-refractivity contribution >= 4 is 22.8 Å². The fourth-order valence-corrected chi connectivity index (χ4v) is 4.40. The molecule has 1 N–H and O–H groups in total. The summed E-state index contributed by atoms with van der Waals surface area (Å²) in [6, 6.07) is 11.7. The van der Waals surface area contributed by atoms with Crippen molar-refractivity contribution in [3.63, 3.8) is 0 Å². The molecule has 1 amide bonds. The van der Waals surface area contributed by atoms with Crippen LogP contribution in [0.2, 0.25) is 0 Å². The molecule has 0 aliphatic carbocycles. The van der Waals surface area contributed by atoms with Gasteiger partial charge in [-0.05, 0) is 56.0 Å². The molecule has 34 heavy (non-hydrogen) atoms. The highest BCUT2D eigenvalue weighted by Crippen LogP contribution is 2.28. The lowest BCUT2D eigenvalue weighted by Crippen LogP contribution is -2.44. The van der Waals surface area contributed by atoms with Gasteiger partial charge >= 0.3 is 0 Å². The zero-order chi connectivity index (χ0) is 24.1. The first kappa shape index (κ1) is 23.6. The minimum Gasteiger partial charge on any atom is -0.497 e. The number of amides is 1. The van der Waals surface area contributed by atoms with E-state index < -0.39 is 0 Å². The van der Waals surface area contributed by atoms with Gasteiger partial charge in [-0.3, -0.25) is 4.79 Å². The van der Waals surface area contributed by atoms with Crippen molar-refractivity contribution in [2.75, 3.05) is 45.9 Å². The van der Waals surface area contributed by atoms with Crippen molar-refractivity contribution in [3.05, 3.63) is 47.7 Å². The molecule has 8 nitrogen and oxygen atoms in total. The molecule has 3 aromatic rings. The van der Waals surface area contributed by atoms with E-state index in [1.807, 2.05) is 43.3 Å². The number of carbonyl (C=O) groups is 1. The number of nitrogens with zero attached hydrogens (tertiary/aromatic N) is 3. The van der Waals surface area contributed by atoms with Crippen LogP contribution in [0.5, 0.6) is 17.2 Å². The van der Waals surface area contributed by atoms with Gasteiger partial charge in [0.15, 0.2) is 11.5 Å². The predicted octanol–water partition coefficient (Wildman–Crippen LogP) is 3.54. The lowest BCUT2D eigenvalue weighted by atomic mass is 9.97. The fourth-order valence-electron chi connectivity index (χ4n) is 4.40. The van der Waals surface area contributed by atoms with Crippen LogP contribution in [0.4, 0.5) is 5.95 Å². The molecule has 4 rings (SSSR count). The van der Waals surface area contributed by atoms with Crippen LogP contribution in [0.1, 0.15) is 24.1 Å². The van der Waals surface area contributed by atoms with Crippen LogP contribution in [-0.4, -0.2) is 56.8 Å². The number of piperidine rings is 1. The normalized spacial score (nSPS) is 15.8. The van der Waals surface area contributed by atoms with E-state index in [1.54, 1.807) is 21.3 Å². The smallest absolute Gasteiger partial charge is 0.226 e. The summed E-state index contributed by atoms with van der Waals surface area (Å²) in [5.74, 6) is 2.80. The molecule has 1 aromatic heterocycles. The van der Waals surface area contributed by atoms with Crippen molar-refractivity contribution in [2.45, 2.75) is 26.2 Å². The van der Waals surface area contributed by atoms with E-state index in [9.17, 15) is 4.79 Å². The number of hydrogen-bond donors (Lipinski definition) is 1. The lowest BCUT2D eigenvalue weighted by molar-refractivity contribution is -0.125. The second-order valence-corrected chi connectivity index (χ2v) is 8.51. The van der Waals surface area contributed by atoms with E-state index in [2.05, 4.69) is 10.2 Å². The average molecular weight is 465 g/mol. The number of anilines is 1. The number of ether oxygens (including phenoxy) is 3. The quantitative estimate of drug-likeness (QED) is 0.546. The summed E-state index contributed by atoms with van der Waals surface area (Å²) in [5.41, 5.74) is 2.85. The molecular formula is C26H32N4O4. The average Bonchev–Trinajstić information content (AvgIpc) is 2.88. The SMILES string of the molecule is COc1ccc2c(C)nc(N3CCC[C@H](C(=O)NCCc4ccc(OC)c(OC)c4)C3)nc2c1. The number of rotatable bonds is 8. The molecule has 1 saturated heterocycles. The van der Waals surface area contributed by atoms with Gasteiger partial charge in [0.1, 0.15) is 5.75 Å². The molecular weight excluding hydrogens is 432 g/mol. The second kappa shape index (κ2) is 10.6. The number of fused-ring (bicyclic) bond motifs is 1. The number of aryl methyl sites for hydroxylation is 1. The minimum absolute atomic E-state index is 0.0735. The van der Waals surface area contributed by atoms with E-state index in [1.165, 1.54) is 0 Å². The number of hydrogen-bond acceptors (Lipinski definition) is 7. The largest absolute Gasteiger partial charge is 0.497 e. The Bertz CT molecular complexity index is 1170. The highest BCUT2D eigenvalue weighted by atomic mass is 16.5. The number of aromatic nitrogens is 2. The van der Waals surface area contributed by atoms with Crippen LogP contribution < -0.4 is 24.4 Å². The van der Waals surface area contributed by atoms with E-state index >= 15 is 0 Å². The fraction of sp³-hybridized carbons (Fsp3) is 0.423. The Hall–Kier alpha value is -3.55. The molecule has 1 atom stereocenters. The minimum atomic E-state index is -0.0935. The maximum atomic E-state index is 12.9. The van der Waals surface area contributed by atoms with E-state index in [-0.39, 0.29) is 11.8 Å². The van der Waals surface area contributed by atoms with Crippen molar-refractivity contribution in [3.8, 4) is 17.2 Å². The first-order valence-corrected chi connectivity index (χ1v) is 11.6. The molecule has 0 radical (unpaired) electrons. The van der Waals surface area contributed by atoms with Gasteiger partial charge < -0.3 is 24.4 Å². The van der Waals surface area contributed by atoms with Gasteiger partial charge in [0.25, 0.3) is 0 Å². The summed E-state index contributed by atoms with van der Waals surface area (Å²) in [7, 11) is 4.89. The Morgan fingerprint density at radius 3 is 2.65 bits per heavy atom. The number of benzene rings is 2. The standard InChI is InChI=1S/C26H32N4O4/c1-17-21-9-8-20(32-2)15-22(21)29-26(28-17)30-13-5-6-19(16-30)25(31)27-12-11-18-7-10-23(33-3)24(14-18)34-4/h7-10,14-15,19H,5-6,11-13,16H2,1-4H3,(H,27,31)/t19-/m0/s1. The maximum Gasteiger partial charge on any atom is 0.226 e. The Kier molecular flexibility index (Phi) is 7.35. The summed E-state index contributed by atoms with van der Waals surface area (Å²) < 4.78 is 16.0. The third-order valence-electron chi connectivity index (χ3n) is 6.32. The highest BCUT2D eigenvalue weighted by Gasteiger charge is 2.27. The Morgan fingerprint density at radius 1 is 1.06 bits per heavy atom. The molecule has 0 unspecified atom stereocenters. The van der Waals surface area contributed by atoms with Crippen LogP contribution in [0, 0.1) is 12.8 Å². The van der Waals surface area contributed by atoms with Gasteiger partial charge in [-0.15, -0.1) is 0 Å². The zero-order valence-corrected chi connectivity index (χ0v) is 20.3. The van der Waals surface area contributed by atoms with Gasteiger partial charge in [0, 0.05) is 31.1 Å². The Balaban J connectivity index is 1.38. The molecule has 2 aromatic carbocycles. The van der Waals surface area contributed by atoms with Crippen LogP contribution in [0.25, 0.3) is 10.9 Å². The second-order valence-electron chi connectivity index (χ2n) is 8.51. The summed E-state index contributed by atoms with van der Waals surface area (Å²) >= 11 is 0. The predicted molar refractivity (Wildman–Crippen MR) is 132 cm³/mol. The molecule has 1 aliphatic rings. The van der Waals surface area contributed by atoms with Crippen molar-refractivity contribution in [1.29, 1.82) is 0 Å². The molecule has 8 heteroatoms. The first-order valence-electron chi connectivity index (χ1n) is 11.6. The third kappa shape index (κ3) is 5.16. The number of nitrogens with one attached hydrogen (secondary N) is 1. The van der Waals surface area contributed by atoms with Crippen LogP contribution in [0.3, 0.4) is 0 Å². The lowest BCUT2D eigenvalue weighted by Gasteiger charge is -2.32. The summed E-state index contributed by atoms with van der Waals surface area (Å²) in [6.45, 7) is 4.00. The van der Waals surface area contributed by atoms with Crippen molar-refractivity contribution in [1.82, 2.24) is 15.3 Å². The molecule has 180 valence electrons. The third-order valence-corrected chi connectivity index (χ3v) is 6.32. The molecule has 2 heterocycles. The van der Waals surface area contributed by atoms with Gasteiger partial charge in [0.05, 0.1) is 38.5 Å². The highest BCUT2D eigenvalue weighted by molar-refractivity contribution is 5.83. The molecule has 1 aliphatic heterocycles. The summed E-state index contributed by atoms with van der Waals surface area (Å²) in [4.78, 5) is 24.5. The van der Waals surface area contributed by atoms with Crippen molar-refractivity contribution in [2.24, 2.45) is 5.92 Å². The molecule has 0 saturated carbocycles. The Morgan fingerprint density at radius 2 is 1.88 bits per heavy atom. The summed E-state index contributed by atoms with van der Waals surface area (Å²) in [5, 5.41) is 4.11. The molecule has 0 spiro atoms. The molecule has 1 fully saturated rings. The number of carbonyl (C=O) groups excluding carboxylic acids is 1. The topological polar surface area (TPSA) is 85.8 Å². The van der Waals surface area contributed by atoms with E-state index in [0.717, 1.165) is 53.7 Å². The zero-order valence-electron chi connectivity index (χ0n) is 20.3. The van der Waals surface area contributed by atoms with Gasteiger partial charge in [-0.2, -0.15) is 0 Å². The Labute approximate surface area is 200 Å². The van der Waals surface area contributed by atoms with Gasteiger partial charge in [-0.25, -0.2) is 9.97 Å². The first-order chi connectivity index (χ1) is 16.5. The van der Waals surface area contributed by atoms with Crippen LogP contribution in [-0.2, 0) is 11.2 Å². The monoisotopic (exact) mass is 464 g/mol. The summed E-state index contributed by atoms with van der Waals surface area (Å²) in [6.07, 6.45) is 2.50. The van der Waals surface area contributed by atoms with Gasteiger partial charge in [-0.1, -0.05) is 6.07 Å². The van der Waals surface area contributed by atoms with E-state index in [4.69, 9.17) is 24.2 Å². The van der Waals surface area contributed by atoms with Crippen LogP contribution >= 0.6 is 0 Å². The van der Waals surface area contributed by atoms with Crippen molar-refractivity contribution < 1.29 is 19.0 Å². The molecule has 0 bridgehead atoms. The van der Waals surface area contributed by atoms with Gasteiger partial charge in [0.2, 0.25) is 11.9 Å². The maximum absolute atomic E-state index is 12.9. The van der Waals surface area contributed by atoms with Crippen LogP contribution in [0.15, 0.2) is 36.4 Å².